The van der Waals surface area contributed by atoms with E-state index in [0.717, 1.165) is 5.56 Å². The summed E-state index contributed by atoms with van der Waals surface area (Å²) in [7, 11) is 0. The number of hydrogen-bond donors (Lipinski definition) is 1. The predicted molar refractivity (Wildman–Crippen MR) is 68.7 cm³/mol. The third-order valence-corrected chi connectivity index (χ3v) is 3.39. The lowest BCUT2D eigenvalue weighted by Crippen LogP contribution is -2.42. The van der Waals surface area contributed by atoms with Crippen LogP contribution in [0.1, 0.15) is 12.0 Å². The number of hydrogen-bond acceptors (Lipinski definition) is 3. The minimum absolute atomic E-state index is 0.00630. The topological polar surface area (TPSA) is 49.8 Å². The Labute approximate surface area is 115 Å². The summed E-state index contributed by atoms with van der Waals surface area (Å²) in [5.41, 5.74) is 0.832. The lowest BCUT2D eigenvalue weighted by Gasteiger charge is -2.32. The molecule has 0 amide bonds. The number of morpholine rings is 1. The molecule has 2 rings (SSSR count). The molecule has 6 heteroatoms. The van der Waals surface area contributed by atoms with E-state index in [4.69, 9.17) is 21.4 Å². The molecule has 1 aromatic rings. The van der Waals surface area contributed by atoms with Crippen molar-refractivity contribution in [2.45, 2.75) is 19.1 Å². The Bertz CT molecular complexity index is 469. The molecule has 4 nitrogen and oxygen atoms in total. The van der Waals surface area contributed by atoms with Crippen LogP contribution in [0.2, 0.25) is 5.02 Å². The van der Waals surface area contributed by atoms with Crippen LogP contribution in [0.3, 0.4) is 0 Å². The maximum absolute atomic E-state index is 12.9. The third-order valence-electron chi connectivity index (χ3n) is 3.03. The van der Waals surface area contributed by atoms with Crippen LogP contribution in [-0.2, 0) is 16.1 Å². The number of benzene rings is 1. The molecule has 1 aliphatic rings. The molecule has 1 unspecified atom stereocenters. The van der Waals surface area contributed by atoms with Crippen LogP contribution in [0.4, 0.5) is 4.39 Å². The molecule has 0 saturated carbocycles. The first-order valence-corrected chi connectivity index (χ1v) is 6.42. The molecule has 1 aromatic carbocycles. The van der Waals surface area contributed by atoms with Gasteiger partial charge in [0, 0.05) is 24.7 Å². The zero-order valence-corrected chi connectivity index (χ0v) is 11.1. The molecule has 0 bridgehead atoms. The van der Waals surface area contributed by atoms with Crippen LogP contribution < -0.4 is 0 Å². The molecular weight excluding hydrogens is 273 g/mol. The fraction of sp³-hybridized carbons (Fsp3) is 0.462. The summed E-state index contributed by atoms with van der Waals surface area (Å²) in [4.78, 5) is 12.7. The van der Waals surface area contributed by atoms with Crippen molar-refractivity contribution in [1.29, 1.82) is 0 Å². The van der Waals surface area contributed by atoms with Crippen LogP contribution in [0.5, 0.6) is 0 Å². The summed E-state index contributed by atoms with van der Waals surface area (Å²) in [6.07, 6.45) is -0.307. The number of carboxylic acid groups (broad SMARTS) is 1. The number of halogens is 2. The molecule has 1 heterocycles. The van der Waals surface area contributed by atoms with Crippen molar-refractivity contribution in [2.24, 2.45) is 0 Å². The van der Waals surface area contributed by atoms with Crippen molar-refractivity contribution in [2.75, 3.05) is 19.7 Å². The lowest BCUT2D eigenvalue weighted by molar-refractivity contribution is -0.142. The molecule has 104 valence electrons. The Hall–Kier alpha value is -1.17. The van der Waals surface area contributed by atoms with Gasteiger partial charge in [-0.2, -0.15) is 0 Å². The molecule has 1 aliphatic heterocycles. The maximum Gasteiger partial charge on any atom is 0.306 e. The van der Waals surface area contributed by atoms with Gasteiger partial charge in [0.1, 0.15) is 5.82 Å². The van der Waals surface area contributed by atoms with Gasteiger partial charge in [-0.25, -0.2) is 4.39 Å². The Morgan fingerprint density at radius 2 is 2.37 bits per heavy atom. The van der Waals surface area contributed by atoms with Gasteiger partial charge in [0.2, 0.25) is 0 Å². The summed E-state index contributed by atoms with van der Waals surface area (Å²) >= 11 is 5.98. The molecule has 1 atom stereocenters. The van der Waals surface area contributed by atoms with Gasteiger partial charge in [-0.15, -0.1) is 0 Å². The van der Waals surface area contributed by atoms with E-state index in [9.17, 15) is 9.18 Å². The standard InChI is InChI=1S/C13H15ClFNO3/c14-12-5-10(15)2-1-9(12)7-16-3-4-19-11(8-16)6-13(17)18/h1-2,5,11H,3-4,6-8H2,(H,17,18). The van der Waals surface area contributed by atoms with Crippen LogP contribution in [0.15, 0.2) is 18.2 Å². The van der Waals surface area contributed by atoms with E-state index >= 15 is 0 Å². The summed E-state index contributed by atoms with van der Waals surface area (Å²) in [6, 6.07) is 4.31. The van der Waals surface area contributed by atoms with E-state index in [1.54, 1.807) is 6.07 Å². The van der Waals surface area contributed by atoms with Gasteiger partial charge in [-0.3, -0.25) is 9.69 Å². The number of rotatable bonds is 4. The number of ether oxygens (including phenoxy) is 1. The second-order valence-corrected chi connectivity index (χ2v) is 4.97. The van der Waals surface area contributed by atoms with E-state index in [1.165, 1.54) is 12.1 Å². The highest BCUT2D eigenvalue weighted by molar-refractivity contribution is 6.31. The van der Waals surface area contributed by atoms with E-state index in [0.29, 0.717) is 31.3 Å². The summed E-state index contributed by atoms with van der Waals surface area (Å²) < 4.78 is 18.3. The molecule has 0 spiro atoms. The second-order valence-electron chi connectivity index (χ2n) is 4.56. The smallest absolute Gasteiger partial charge is 0.306 e. The zero-order chi connectivity index (χ0) is 13.8. The van der Waals surface area contributed by atoms with Crippen molar-refractivity contribution in [3.05, 3.63) is 34.6 Å². The minimum Gasteiger partial charge on any atom is -0.481 e. The van der Waals surface area contributed by atoms with Gasteiger partial charge in [-0.1, -0.05) is 17.7 Å². The predicted octanol–water partition coefficient (Wildman–Crippen LogP) is 2.15. The van der Waals surface area contributed by atoms with Gasteiger partial charge in [0.25, 0.3) is 0 Å². The quantitative estimate of drug-likeness (QED) is 0.922. The molecule has 19 heavy (non-hydrogen) atoms. The molecular formula is C13H15ClFNO3. The highest BCUT2D eigenvalue weighted by Crippen LogP contribution is 2.20. The molecule has 0 aliphatic carbocycles. The first-order valence-electron chi connectivity index (χ1n) is 6.04. The molecule has 1 fully saturated rings. The van der Waals surface area contributed by atoms with Crippen molar-refractivity contribution in [1.82, 2.24) is 4.90 Å². The summed E-state index contributed by atoms with van der Waals surface area (Å²) in [6.45, 7) is 2.32. The maximum atomic E-state index is 12.9. The number of aliphatic carboxylic acids is 1. The van der Waals surface area contributed by atoms with Gasteiger partial charge < -0.3 is 9.84 Å². The largest absolute Gasteiger partial charge is 0.481 e. The molecule has 1 saturated heterocycles. The monoisotopic (exact) mass is 287 g/mol. The highest BCUT2D eigenvalue weighted by atomic mass is 35.5. The fourth-order valence-electron chi connectivity index (χ4n) is 2.13. The Kier molecular flexibility index (Phi) is 4.74. The van der Waals surface area contributed by atoms with Crippen molar-refractivity contribution >= 4 is 17.6 Å². The molecule has 0 radical (unpaired) electrons. The van der Waals surface area contributed by atoms with Gasteiger partial charge >= 0.3 is 5.97 Å². The van der Waals surface area contributed by atoms with E-state index in [2.05, 4.69) is 4.90 Å². The molecule has 1 N–H and O–H groups in total. The van der Waals surface area contributed by atoms with Crippen molar-refractivity contribution < 1.29 is 19.0 Å². The van der Waals surface area contributed by atoms with Gasteiger partial charge in [-0.05, 0) is 17.7 Å². The Morgan fingerprint density at radius 1 is 1.58 bits per heavy atom. The normalized spacial score (nSPS) is 20.4. The van der Waals surface area contributed by atoms with Crippen molar-refractivity contribution in [3.63, 3.8) is 0 Å². The van der Waals surface area contributed by atoms with E-state index in [-0.39, 0.29) is 18.3 Å². The minimum atomic E-state index is -0.869. The second kappa shape index (κ2) is 6.32. The van der Waals surface area contributed by atoms with Crippen LogP contribution in [0.25, 0.3) is 0 Å². The lowest BCUT2D eigenvalue weighted by atomic mass is 10.1. The SMILES string of the molecule is O=C(O)CC1CN(Cc2ccc(F)cc2Cl)CCO1. The first-order chi connectivity index (χ1) is 9.04. The van der Waals surface area contributed by atoms with Crippen molar-refractivity contribution in [3.8, 4) is 0 Å². The van der Waals surface area contributed by atoms with Crippen LogP contribution in [-0.4, -0.2) is 41.8 Å². The third kappa shape index (κ3) is 4.16. The Balaban J connectivity index is 1.96. The highest BCUT2D eigenvalue weighted by Gasteiger charge is 2.23. The number of nitrogens with zero attached hydrogens (tertiary/aromatic N) is 1. The average Bonchev–Trinajstić information content (AvgIpc) is 2.32. The zero-order valence-electron chi connectivity index (χ0n) is 10.3. The number of carboxylic acids is 1. The Morgan fingerprint density at radius 3 is 3.05 bits per heavy atom. The van der Waals surface area contributed by atoms with E-state index in [1.807, 2.05) is 0 Å². The van der Waals surface area contributed by atoms with Crippen LogP contribution in [0, 0.1) is 5.82 Å². The summed E-state index contributed by atoms with van der Waals surface area (Å²) in [5.74, 6) is -1.23. The molecule has 0 aromatic heterocycles. The van der Waals surface area contributed by atoms with Crippen LogP contribution >= 0.6 is 11.6 Å². The van der Waals surface area contributed by atoms with Gasteiger partial charge in [0.15, 0.2) is 0 Å². The number of carbonyl (C=O) groups is 1. The summed E-state index contributed by atoms with van der Waals surface area (Å²) in [5, 5.41) is 9.15. The average molecular weight is 288 g/mol. The fourth-order valence-corrected chi connectivity index (χ4v) is 2.36. The first kappa shape index (κ1) is 14.2. The van der Waals surface area contributed by atoms with E-state index < -0.39 is 5.97 Å². The van der Waals surface area contributed by atoms with Gasteiger partial charge in [0.05, 0.1) is 19.1 Å².